The standard InChI is InChI=1S/C5H8O3/c6-4-1-2-5(7)8-3-4/h3,5-7H,1-2H2. The van der Waals surface area contributed by atoms with E-state index in [1.54, 1.807) is 0 Å². The van der Waals surface area contributed by atoms with Crippen molar-refractivity contribution in [1.29, 1.82) is 0 Å². The first-order valence-electron chi connectivity index (χ1n) is 2.50. The molecule has 3 heteroatoms. The number of aliphatic hydroxyl groups is 2. The van der Waals surface area contributed by atoms with Gasteiger partial charge in [0.15, 0.2) is 6.29 Å². The third-order valence-corrected chi connectivity index (χ3v) is 1.01. The first-order chi connectivity index (χ1) is 3.79. The summed E-state index contributed by atoms with van der Waals surface area (Å²) in [6, 6.07) is 0. The Bertz CT molecular complexity index is 108. The molecule has 3 nitrogen and oxygen atoms in total. The molecule has 1 heterocycles. The molecule has 0 amide bonds. The van der Waals surface area contributed by atoms with Crippen LogP contribution in [0.2, 0.25) is 0 Å². The van der Waals surface area contributed by atoms with E-state index >= 15 is 0 Å². The van der Waals surface area contributed by atoms with Gasteiger partial charge in [0.05, 0.1) is 0 Å². The molecule has 1 unspecified atom stereocenters. The highest BCUT2D eigenvalue weighted by molar-refractivity contribution is 4.88. The second-order valence-electron chi connectivity index (χ2n) is 1.74. The Labute approximate surface area is 47.2 Å². The Kier molecular flexibility index (Phi) is 1.39. The summed E-state index contributed by atoms with van der Waals surface area (Å²) in [4.78, 5) is 0. The van der Waals surface area contributed by atoms with Crippen LogP contribution in [0, 0.1) is 0 Å². The van der Waals surface area contributed by atoms with Gasteiger partial charge in [-0.1, -0.05) is 0 Å². The molecule has 0 aromatic carbocycles. The average Bonchev–Trinajstić information content (AvgIpc) is 1.77. The van der Waals surface area contributed by atoms with Gasteiger partial charge in [0.2, 0.25) is 0 Å². The predicted molar refractivity (Wildman–Crippen MR) is 27.0 cm³/mol. The van der Waals surface area contributed by atoms with Gasteiger partial charge in [0.25, 0.3) is 0 Å². The smallest absolute Gasteiger partial charge is 0.197 e. The van der Waals surface area contributed by atoms with Crippen LogP contribution in [0.3, 0.4) is 0 Å². The first kappa shape index (κ1) is 5.44. The van der Waals surface area contributed by atoms with E-state index in [0.717, 1.165) is 0 Å². The van der Waals surface area contributed by atoms with Crippen LogP contribution in [-0.4, -0.2) is 16.5 Å². The summed E-state index contributed by atoms with van der Waals surface area (Å²) in [7, 11) is 0. The lowest BCUT2D eigenvalue weighted by atomic mass is 10.2. The van der Waals surface area contributed by atoms with Crippen molar-refractivity contribution in [2.75, 3.05) is 0 Å². The van der Waals surface area contributed by atoms with Gasteiger partial charge in [0, 0.05) is 12.8 Å². The topological polar surface area (TPSA) is 49.7 Å². The fraction of sp³-hybridized carbons (Fsp3) is 0.600. The highest BCUT2D eigenvalue weighted by atomic mass is 16.6. The summed E-state index contributed by atoms with van der Waals surface area (Å²) in [5, 5.41) is 17.3. The zero-order chi connectivity index (χ0) is 5.98. The number of ether oxygens (including phenoxy) is 1. The molecule has 0 aliphatic carbocycles. The molecule has 0 saturated carbocycles. The minimum atomic E-state index is -0.717. The number of allylic oxidation sites excluding steroid dienone is 1. The second kappa shape index (κ2) is 2.05. The molecular formula is C5H8O3. The highest BCUT2D eigenvalue weighted by Gasteiger charge is 2.09. The number of hydrogen-bond donors (Lipinski definition) is 2. The molecule has 0 aromatic heterocycles. The summed E-state index contributed by atoms with van der Waals surface area (Å²) < 4.78 is 4.53. The van der Waals surface area contributed by atoms with Gasteiger partial charge in [-0.2, -0.15) is 0 Å². The minimum Gasteiger partial charge on any atom is -0.509 e. The van der Waals surface area contributed by atoms with E-state index in [1.165, 1.54) is 6.26 Å². The predicted octanol–water partition coefficient (Wildman–Crippen LogP) is 0.515. The molecule has 0 radical (unpaired) electrons. The van der Waals surface area contributed by atoms with Gasteiger partial charge in [-0.3, -0.25) is 0 Å². The van der Waals surface area contributed by atoms with Crippen LogP contribution in [-0.2, 0) is 4.74 Å². The summed E-state index contributed by atoms with van der Waals surface area (Å²) >= 11 is 0. The first-order valence-corrected chi connectivity index (χ1v) is 2.50. The molecule has 1 aliphatic rings. The van der Waals surface area contributed by atoms with Crippen LogP contribution in [0.15, 0.2) is 12.0 Å². The number of rotatable bonds is 0. The SMILES string of the molecule is OC1=COC(O)CC1. The van der Waals surface area contributed by atoms with E-state index in [0.29, 0.717) is 12.8 Å². The lowest BCUT2D eigenvalue weighted by Gasteiger charge is -2.14. The van der Waals surface area contributed by atoms with Crippen LogP contribution < -0.4 is 0 Å². The van der Waals surface area contributed by atoms with Gasteiger partial charge in [-0.25, -0.2) is 0 Å². The van der Waals surface area contributed by atoms with Crippen molar-refractivity contribution in [3.8, 4) is 0 Å². The van der Waals surface area contributed by atoms with Crippen LogP contribution in [0.5, 0.6) is 0 Å². The van der Waals surface area contributed by atoms with Crippen LogP contribution >= 0.6 is 0 Å². The van der Waals surface area contributed by atoms with Gasteiger partial charge in [0.1, 0.15) is 12.0 Å². The van der Waals surface area contributed by atoms with E-state index in [4.69, 9.17) is 10.2 Å². The fourth-order valence-electron chi connectivity index (χ4n) is 0.555. The molecule has 1 atom stereocenters. The van der Waals surface area contributed by atoms with E-state index in [1.807, 2.05) is 0 Å². The summed E-state index contributed by atoms with van der Waals surface area (Å²) in [6.07, 6.45) is 1.46. The Morgan fingerprint density at radius 1 is 1.75 bits per heavy atom. The average molecular weight is 116 g/mol. The molecule has 2 N–H and O–H groups in total. The third kappa shape index (κ3) is 1.13. The molecule has 1 aliphatic heterocycles. The molecule has 1 rings (SSSR count). The number of aliphatic hydroxyl groups excluding tert-OH is 2. The fourth-order valence-corrected chi connectivity index (χ4v) is 0.555. The largest absolute Gasteiger partial charge is 0.509 e. The van der Waals surface area contributed by atoms with Crippen molar-refractivity contribution in [2.45, 2.75) is 19.1 Å². The third-order valence-electron chi connectivity index (χ3n) is 1.01. The van der Waals surface area contributed by atoms with Gasteiger partial charge in [-0.05, 0) is 0 Å². The lowest BCUT2D eigenvalue weighted by Crippen LogP contribution is -2.12. The zero-order valence-corrected chi connectivity index (χ0v) is 4.37. The van der Waals surface area contributed by atoms with Crippen LogP contribution in [0.25, 0.3) is 0 Å². The zero-order valence-electron chi connectivity index (χ0n) is 4.37. The molecule has 46 valence electrons. The maximum Gasteiger partial charge on any atom is 0.197 e. The minimum absolute atomic E-state index is 0.204. The Morgan fingerprint density at radius 3 is 2.88 bits per heavy atom. The summed E-state index contributed by atoms with van der Waals surface area (Å²) in [5.41, 5.74) is 0. The van der Waals surface area contributed by atoms with Crippen molar-refractivity contribution in [3.05, 3.63) is 12.0 Å². The second-order valence-corrected chi connectivity index (χ2v) is 1.74. The van der Waals surface area contributed by atoms with Gasteiger partial charge < -0.3 is 14.9 Å². The molecule has 0 bridgehead atoms. The normalized spacial score (nSPS) is 28.6. The van der Waals surface area contributed by atoms with Crippen molar-refractivity contribution < 1.29 is 14.9 Å². The number of hydrogen-bond acceptors (Lipinski definition) is 3. The quantitative estimate of drug-likeness (QED) is 0.485. The molecule has 8 heavy (non-hydrogen) atoms. The van der Waals surface area contributed by atoms with Crippen LogP contribution in [0.1, 0.15) is 12.8 Å². The highest BCUT2D eigenvalue weighted by Crippen LogP contribution is 2.12. The Hall–Kier alpha value is -0.700. The summed E-state index contributed by atoms with van der Waals surface area (Å²) in [6.45, 7) is 0. The van der Waals surface area contributed by atoms with E-state index < -0.39 is 6.29 Å². The Morgan fingerprint density at radius 2 is 2.50 bits per heavy atom. The maximum absolute atomic E-state index is 8.65. The molecular weight excluding hydrogens is 108 g/mol. The lowest BCUT2D eigenvalue weighted by molar-refractivity contribution is -0.0705. The molecule has 0 aromatic rings. The van der Waals surface area contributed by atoms with Crippen molar-refractivity contribution >= 4 is 0 Å². The van der Waals surface area contributed by atoms with E-state index in [-0.39, 0.29) is 5.76 Å². The summed E-state index contributed by atoms with van der Waals surface area (Å²) in [5.74, 6) is 0.204. The van der Waals surface area contributed by atoms with Crippen molar-refractivity contribution in [3.63, 3.8) is 0 Å². The Balaban J connectivity index is 2.42. The van der Waals surface area contributed by atoms with E-state index in [9.17, 15) is 0 Å². The maximum atomic E-state index is 8.65. The van der Waals surface area contributed by atoms with Crippen molar-refractivity contribution in [2.24, 2.45) is 0 Å². The van der Waals surface area contributed by atoms with E-state index in [2.05, 4.69) is 4.74 Å². The van der Waals surface area contributed by atoms with Gasteiger partial charge in [-0.15, -0.1) is 0 Å². The molecule has 0 saturated heterocycles. The molecule has 0 fully saturated rings. The van der Waals surface area contributed by atoms with Crippen molar-refractivity contribution in [1.82, 2.24) is 0 Å². The van der Waals surface area contributed by atoms with Gasteiger partial charge >= 0.3 is 0 Å². The van der Waals surface area contributed by atoms with Crippen LogP contribution in [0.4, 0.5) is 0 Å². The molecule has 0 spiro atoms. The monoisotopic (exact) mass is 116 g/mol.